The maximum absolute atomic E-state index is 5.46. The Morgan fingerprint density at radius 1 is 1.39 bits per heavy atom. The van der Waals surface area contributed by atoms with Gasteiger partial charge in [-0.05, 0) is 76.7 Å². The quantitative estimate of drug-likeness (QED) is 0.614. The first-order valence-corrected chi connectivity index (χ1v) is 10.3. The number of piperidine rings is 1. The zero-order valence-electron chi connectivity index (χ0n) is 18.9. The fourth-order valence-corrected chi connectivity index (χ4v) is 3.85. The highest BCUT2D eigenvalue weighted by molar-refractivity contribution is 5.80. The molecule has 1 fully saturated rings. The van der Waals surface area contributed by atoms with Crippen molar-refractivity contribution < 1.29 is 4.74 Å². The van der Waals surface area contributed by atoms with E-state index in [1.165, 1.54) is 12.0 Å². The monoisotopic (exact) mass is 385 g/mol. The molecule has 1 aliphatic heterocycles. The van der Waals surface area contributed by atoms with Crippen molar-refractivity contribution in [3.63, 3.8) is 0 Å². The van der Waals surface area contributed by atoms with Gasteiger partial charge in [0.1, 0.15) is 5.75 Å². The normalized spacial score (nSPS) is 21.2. The second-order valence-corrected chi connectivity index (χ2v) is 7.37. The van der Waals surface area contributed by atoms with E-state index in [9.17, 15) is 0 Å². The third-order valence-corrected chi connectivity index (χ3v) is 5.30. The van der Waals surface area contributed by atoms with Crippen LogP contribution >= 0.6 is 0 Å². The lowest BCUT2D eigenvalue weighted by Crippen LogP contribution is -2.52. The Bertz CT molecular complexity index is 680. The number of allylic oxidation sites excluding steroid dienone is 2. The van der Waals surface area contributed by atoms with Crippen LogP contribution in [-0.4, -0.2) is 44.4 Å². The van der Waals surface area contributed by atoms with E-state index >= 15 is 0 Å². The van der Waals surface area contributed by atoms with E-state index in [4.69, 9.17) is 4.74 Å². The van der Waals surface area contributed by atoms with Crippen LogP contribution in [0.25, 0.3) is 5.57 Å². The molecule has 1 N–H and O–H groups in total. The Hall–Kier alpha value is -2.07. The summed E-state index contributed by atoms with van der Waals surface area (Å²) in [4.78, 5) is 6.71. The molecule has 0 spiro atoms. The zero-order valence-corrected chi connectivity index (χ0v) is 18.9. The third-order valence-electron chi connectivity index (χ3n) is 5.30. The number of methoxy groups -OCH3 is 1. The summed E-state index contributed by atoms with van der Waals surface area (Å²) in [6.45, 7) is 19.4. The first-order chi connectivity index (χ1) is 13.4. The molecule has 1 saturated heterocycles. The van der Waals surface area contributed by atoms with E-state index in [1.807, 2.05) is 32.9 Å². The van der Waals surface area contributed by atoms with Crippen molar-refractivity contribution in [1.82, 2.24) is 10.2 Å². The number of nitrogens with one attached hydrogen (secondary N) is 1. The Morgan fingerprint density at radius 3 is 2.61 bits per heavy atom. The van der Waals surface area contributed by atoms with E-state index in [1.54, 1.807) is 7.11 Å². The minimum absolute atomic E-state index is 0.137. The van der Waals surface area contributed by atoms with Gasteiger partial charge in [-0.15, -0.1) is 0 Å². The number of likely N-dealkylation sites (N-methyl/N-ethyl adjacent to an activating group) is 1. The summed E-state index contributed by atoms with van der Waals surface area (Å²) in [5.74, 6) is 1.54. The van der Waals surface area contributed by atoms with E-state index in [2.05, 4.69) is 61.5 Å². The number of nitrogens with zero attached hydrogens (tertiary/aromatic N) is 2. The molecule has 28 heavy (non-hydrogen) atoms. The van der Waals surface area contributed by atoms with Crippen molar-refractivity contribution in [3.8, 4) is 5.75 Å². The van der Waals surface area contributed by atoms with Crippen LogP contribution in [0.1, 0.15) is 53.0 Å². The van der Waals surface area contributed by atoms with Crippen molar-refractivity contribution in [2.24, 2.45) is 10.9 Å². The van der Waals surface area contributed by atoms with Gasteiger partial charge in [-0.3, -0.25) is 4.99 Å². The van der Waals surface area contributed by atoms with Crippen LogP contribution in [0.5, 0.6) is 5.75 Å². The van der Waals surface area contributed by atoms with Crippen LogP contribution < -0.4 is 10.1 Å². The lowest BCUT2D eigenvalue weighted by atomic mass is 9.83. The van der Waals surface area contributed by atoms with Gasteiger partial charge in [0, 0.05) is 17.3 Å². The second kappa shape index (κ2) is 11.7. The number of ether oxygens (including phenoxy) is 1. The third kappa shape index (κ3) is 5.96. The molecule has 2 rings (SSSR count). The van der Waals surface area contributed by atoms with E-state index in [-0.39, 0.29) is 6.04 Å². The summed E-state index contributed by atoms with van der Waals surface area (Å²) in [5, 5.41) is 3.63. The first-order valence-electron chi connectivity index (χ1n) is 10.3. The number of likely N-dealkylation sites (tertiary alicyclic amines) is 1. The van der Waals surface area contributed by atoms with Crippen molar-refractivity contribution in [3.05, 3.63) is 42.1 Å². The number of benzene rings is 1. The summed E-state index contributed by atoms with van der Waals surface area (Å²) in [6.07, 6.45) is 4.58. The molecule has 0 aromatic heterocycles. The van der Waals surface area contributed by atoms with Crippen LogP contribution in [0.15, 0.2) is 41.5 Å². The fourth-order valence-electron chi connectivity index (χ4n) is 3.85. The van der Waals surface area contributed by atoms with Crippen LogP contribution in [-0.2, 0) is 0 Å². The largest absolute Gasteiger partial charge is 0.497 e. The minimum atomic E-state index is 0.137. The van der Waals surface area contributed by atoms with Crippen LogP contribution in [0.3, 0.4) is 0 Å². The molecule has 2 unspecified atom stereocenters. The molecule has 0 bridgehead atoms. The molecular formula is C24H39N3O. The lowest BCUT2D eigenvalue weighted by Gasteiger charge is -2.42. The molecule has 4 nitrogen and oxygen atoms in total. The van der Waals surface area contributed by atoms with Crippen LogP contribution in [0.2, 0.25) is 0 Å². The van der Waals surface area contributed by atoms with Crippen LogP contribution in [0, 0.1) is 5.92 Å². The molecule has 1 aromatic rings. The van der Waals surface area contributed by atoms with Gasteiger partial charge in [-0.1, -0.05) is 33.4 Å². The van der Waals surface area contributed by atoms with Gasteiger partial charge in [0.05, 0.1) is 18.8 Å². The molecule has 0 amide bonds. The molecule has 1 aromatic carbocycles. The summed E-state index contributed by atoms with van der Waals surface area (Å²) in [6, 6.07) is 6.48. The maximum Gasteiger partial charge on any atom is 0.119 e. The SMILES string of the molecule is C=Nc1ccc(OC)cc1/C(=C\C)[C@H](NC(=C)C)C1CC(C)CCN1C.CC. The minimum Gasteiger partial charge on any atom is -0.497 e. The summed E-state index contributed by atoms with van der Waals surface area (Å²) in [5.41, 5.74) is 4.11. The van der Waals surface area contributed by atoms with E-state index < -0.39 is 0 Å². The number of rotatable bonds is 7. The molecule has 0 aliphatic carbocycles. The van der Waals surface area contributed by atoms with Gasteiger partial charge < -0.3 is 15.0 Å². The predicted octanol–water partition coefficient (Wildman–Crippen LogP) is 5.68. The highest BCUT2D eigenvalue weighted by Gasteiger charge is 2.33. The van der Waals surface area contributed by atoms with Gasteiger partial charge in [0.15, 0.2) is 0 Å². The topological polar surface area (TPSA) is 36.9 Å². The van der Waals surface area contributed by atoms with Crippen molar-refractivity contribution >= 4 is 18.0 Å². The van der Waals surface area contributed by atoms with Gasteiger partial charge >= 0.3 is 0 Å². The van der Waals surface area contributed by atoms with Crippen molar-refractivity contribution in [2.45, 2.75) is 59.5 Å². The molecule has 0 radical (unpaired) electrons. The van der Waals surface area contributed by atoms with E-state index in [0.717, 1.165) is 35.7 Å². The number of aliphatic imine (C=N–C) groups is 1. The zero-order chi connectivity index (χ0) is 21.3. The predicted molar refractivity (Wildman–Crippen MR) is 124 cm³/mol. The average molecular weight is 386 g/mol. The molecule has 3 atom stereocenters. The molecule has 4 heteroatoms. The number of hydrogen-bond acceptors (Lipinski definition) is 4. The highest BCUT2D eigenvalue weighted by atomic mass is 16.5. The van der Waals surface area contributed by atoms with Gasteiger partial charge in [0.25, 0.3) is 0 Å². The second-order valence-electron chi connectivity index (χ2n) is 7.37. The number of hydrogen-bond donors (Lipinski definition) is 1. The molecule has 0 saturated carbocycles. The Morgan fingerprint density at radius 2 is 2.07 bits per heavy atom. The highest BCUT2D eigenvalue weighted by Crippen LogP contribution is 2.36. The molecule has 156 valence electrons. The Balaban J connectivity index is 0.00000190. The Kier molecular flexibility index (Phi) is 10.0. The molecule has 1 aliphatic rings. The lowest BCUT2D eigenvalue weighted by molar-refractivity contribution is 0.133. The van der Waals surface area contributed by atoms with Crippen molar-refractivity contribution in [1.29, 1.82) is 0 Å². The van der Waals surface area contributed by atoms with E-state index in [0.29, 0.717) is 12.0 Å². The molecular weight excluding hydrogens is 346 g/mol. The van der Waals surface area contributed by atoms with Gasteiger partial charge in [-0.25, -0.2) is 0 Å². The fraction of sp³-hybridized carbons (Fsp3) is 0.542. The summed E-state index contributed by atoms with van der Waals surface area (Å²) in [7, 11) is 3.91. The average Bonchev–Trinajstić information content (AvgIpc) is 2.70. The summed E-state index contributed by atoms with van der Waals surface area (Å²) >= 11 is 0. The standard InChI is InChI=1S/C22H33N3O.C2H6/c1-8-18(19-14-17(26-7)9-10-20(19)23-5)22(24-15(2)3)21-13-16(4)11-12-25(21)6;1-2/h8-10,14,16,21-22,24H,2,5,11-13H2,1,3-4,6-7H3;1-2H3/b18-8+;/t16?,21?,22-;/m0./s1. The van der Waals surface area contributed by atoms with Gasteiger partial charge in [-0.2, -0.15) is 0 Å². The van der Waals surface area contributed by atoms with Crippen molar-refractivity contribution in [2.75, 3.05) is 20.7 Å². The Labute approximate surface area is 172 Å². The maximum atomic E-state index is 5.46. The molecule has 1 heterocycles. The summed E-state index contributed by atoms with van der Waals surface area (Å²) < 4.78 is 5.46. The van der Waals surface area contributed by atoms with Crippen LogP contribution in [0.4, 0.5) is 5.69 Å². The first kappa shape index (κ1) is 24.0. The van der Waals surface area contributed by atoms with Gasteiger partial charge in [0.2, 0.25) is 0 Å². The smallest absolute Gasteiger partial charge is 0.119 e.